The van der Waals surface area contributed by atoms with Gasteiger partial charge in [-0.3, -0.25) is 19.7 Å². The number of hydrogen-bond donors (Lipinski definition) is 2. The highest BCUT2D eigenvalue weighted by atomic mass is 16.6. The lowest BCUT2D eigenvalue weighted by molar-refractivity contribution is -0.385. The van der Waals surface area contributed by atoms with Crippen LogP contribution in [-0.2, 0) is 4.79 Å². The van der Waals surface area contributed by atoms with E-state index in [4.69, 9.17) is 5.73 Å². The Morgan fingerprint density at radius 1 is 1.35 bits per heavy atom. The number of rotatable bonds is 5. The van der Waals surface area contributed by atoms with Crippen molar-refractivity contribution in [1.29, 1.82) is 0 Å². The summed E-state index contributed by atoms with van der Waals surface area (Å²) in [5, 5.41) is 13.4. The molecule has 20 heavy (non-hydrogen) atoms. The Bertz CT molecular complexity index is 556. The second-order valence-corrected chi connectivity index (χ2v) is 4.95. The van der Waals surface area contributed by atoms with Crippen LogP contribution in [0.25, 0.3) is 0 Å². The van der Waals surface area contributed by atoms with Gasteiger partial charge in [0.05, 0.1) is 4.92 Å². The van der Waals surface area contributed by atoms with E-state index in [0.29, 0.717) is 0 Å². The van der Waals surface area contributed by atoms with E-state index >= 15 is 0 Å². The summed E-state index contributed by atoms with van der Waals surface area (Å²) < 4.78 is 0. The Morgan fingerprint density at radius 2 is 1.90 bits per heavy atom. The molecule has 0 radical (unpaired) electrons. The minimum Gasteiger partial charge on any atom is -0.368 e. The van der Waals surface area contributed by atoms with Crippen molar-refractivity contribution in [2.24, 2.45) is 11.7 Å². The first-order chi connectivity index (χ1) is 9.20. The third-order valence-electron chi connectivity index (χ3n) is 3.39. The van der Waals surface area contributed by atoms with E-state index in [1.54, 1.807) is 13.8 Å². The molecule has 1 aromatic carbocycles. The Labute approximate surface area is 116 Å². The van der Waals surface area contributed by atoms with E-state index in [0.717, 1.165) is 0 Å². The molecule has 0 heterocycles. The van der Waals surface area contributed by atoms with Crippen LogP contribution in [0.2, 0.25) is 0 Å². The normalized spacial score (nSPS) is 13.6. The number of para-hydroxylation sites is 1. The number of nitrogens with two attached hydrogens (primary N) is 1. The maximum atomic E-state index is 12.2. The number of primary amides is 1. The molecule has 0 saturated carbocycles. The quantitative estimate of drug-likeness (QED) is 0.622. The molecule has 7 heteroatoms. The zero-order valence-electron chi connectivity index (χ0n) is 11.5. The number of carbonyl (C=O) groups is 2. The van der Waals surface area contributed by atoms with Gasteiger partial charge < -0.3 is 11.1 Å². The molecule has 2 amide bonds. The van der Waals surface area contributed by atoms with Gasteiger partial charge in [0.2, 0.25) is 5.91 Å². The smallest absolute Gasteiger partial charge is 0.282 e. The van der Waals surface area contributed by atoms with Crippen LogP contribution in [0.15, 0.2) is 24.3 Å². The highest BCUT2D eigenvalue weighted by Gasteiger charge is 2.37. The largest absolute Gasteiger partial charge is 0.368 e. The lowest BCUT2D eigenvalue weighted by Crippen LogP contribution is -2.58. The molecule has 1 unspecified atom stereocenters. The van der Waals surface area contributed by atoms with Crippen molar-refractivity contribution >= 4 is 17.5 Å². The van der Waals surface area contributed by atoms with Gasteiger partial charge >= 0.3 is 0 Å². The summed E-state index contributed by atoms with van der Waals surface area (Å²) in [6.45, 7) is 4.95. The molecule has 0 bridgehead atoms. The molecule has 7 nitrogen and oxygen atoms in total. The molecule has 0 aliphatic carbocycles. The summed E-state index contributed by atoms with van der Waals surface area (Å²) in [6, 6.07) is 5.53. The molecule has 0 saturated heterocycles. The highest BCUT2D eigenvalue weighted by molar-refractivity contribution is 6.01. The van der Waals surface area contributed by atoms with Crippen molar-refractivity contribution in [3.63, 3.8) is 0 Å². The Kier molecular flexibility index (Phi) is 4.44. The molecule has 1 atom stereocenters. The summed E-state index contributed by atoms with van der Waals surface area (Å²) in [5.74, 6) is -1.65. The molecule has 1 aromatic rings. The van der Waals surface area contributed by atoms with Crippen LogP contribution in [0.5, 0.6) is 0 Å². The minimum atomic E-state index is -1.28. The number of hydrogen-bond acceptors (Lipinski definition) is 4. The SMILES string of the molecule is CC(C)C(C)(NC(=O)c1ccccc1[N+](=O)[O-])C(N)=O. The third-order valence-corrected chi connectivity index (χ3v) is 3.39. The summed E-state index contributed by atoms with van der Waals surface area (Å²) in [7, 11) is 0. The van der Waals surface area contributed by atoms with Crippen molar-refractivity contribution in [2.75, 3.05) is 0 Å². The van der Waals surface area contributed by atoms with Gasteiger partial charge in [-0.2, -0.15) is 0 Å². The van der Waals surface area contributed by atoms with Crippen LogP contribution >= 0.6 is 0 Å². The average Bonchev–Trinajstić information content (AvgIpc) is 2.37. The molecule has 0 aliphatic heterocycles. The van der Waals surface area contributed by atoms with Gasteiger partial charge in [-0.25, -0.2) is 0 Å². The lowest BCUT2D eigenvalue weighted by Gasteiger charge is -2.31. The van der Waals surface area contributed by atoms with Gasteiger partial charge in [0.25, 0.3) is 11.6 Å². The van der Waals surface area contributed by atoms with Gasteiger partial charge in [-0.1, -0.05) is 26.0 Å². The Hall–Kier alpha value is -2.44. The van der Waals surface area contributed by atoms with Gasteiger partial charge in [0, 0.05) is 6.07 Å². The Balaban J connectivity index is 3.14. The first-order valence-electron chi connectivity index (χ1n) is 6.06. The fraction of sp³-hybridized carbons (Fsp3) is 0.385. The van der Waals surface area contributed by atoms with Crippen molar-refractivity contribution in [2.45, 2.75) is 26.3 Å². The molecule has 3 N–H and O–H groups in total. The van der Waals surface area contributed by atoms with E-state index in [1.165, 1.54) is 31.2 Å². The first-order valence-corrected chi connectivity index (χ1v) is 6.06. The number of nitrogens with zero attached hydrogens (tertiary/aromatic N) is 1. The second-order valence-electron chi connectivity index (χ2n) is 4.95. The monoisotopic (exact) mass is 279 g/mol. The molecule has 0 aromatic heterocycles. The molecule has 0 aliphatic rings. The van der Waals surface area contributed by atoms with E-state index in [1.807, 2.05) is 0 Å². The highest BCUT2D eigenvalue weighted by Crippen LogP contribution is 2.21. The van der Waals surface area contributed by atoms with E-state index in [9.17, 15) is 19.7 Å². The van der Waals surface area contributed by atoms with Gasteiger partial charge in [-0.05, 0) is 18.9 Å². The zero-order valence-corrected chi connectivity index (χ0v) is 11.5. The Morgan fingerprint density at radius 3 is 2.35 bits per heavy atom. The zero-order chi connectivity index (χ0) is 15.5. The van der Waals surface area contributed by atoms with Crippen LogP contribution in [0.1, 0.15) is 31.1 Å². The number of amides is 2. The fourth-order valence-electron chi connectivity index (χ4n) is 1.62. The summed E-state index contributed by atoms with van der Waals surface area (Å²) in [4.78, 5) is 33.9. The number of benzene rings is 1. The second kappa shape index (κ2) is 5.68. The maximum absolute atomic E-state index is 12.2. The third kappa shape index (κ3) is 2.93. The molecule has 0 fully saturated rings. The van der Waals surface area contributed by atoms with Crippen LogP contribution < -0.4 is 11.1 Å². The van der Waals surface area contributed by atoms with E-state index < -0.39 is 22.3 Å². The molecule has 108 valence electrons. The lowest BCUT2D eigenvalue weighted by atomic mass is 9.87. The van der Waals surface area contributed by atoms with Crippen molar-refractivity contribution in [1.82, 2.24) is 5.32 Å². The van der Waals surface area contributed by atoms with E-state index in [2.05, 4.69) is 5.32 Å². The maximum Gasteiger partial charge on any atom is 0.282 e. The molecule has 1 rings (SSSR count). The summed E-state index contributed by atoms with van der Waals surface area (Å²) in [6.07, 6.45) is 0. The van der Waals surface area contributed by atoms with Crippen molar-refractivity contribution < 1.29 is 14.5 Å². The van der Waals surface area contributed by atoms with E-state index in [-0.39, 0.29) is 17.2 Å². The minimum absolute atomic E-state index is 0.106. The van der Waals surface area contributed by atoms with Crippen LogP contribution in [0.3, 0.4) is 0 Å². The summed E-state index contributed by atoms with van der Waals surface area (Å²) >= 11 is 0. The van der Waals surface area contributed by atoms with Crippen molar-refractivity contribution in [3.8, 4) is 0 Å². The standard InChI is InChI=1S/C13H17N3O4/c1-8(2)13(3,12(14)18)15-11(17)9-6-4-5-7-10(9)16(19)20/h4-8H,1-3H3,(H2,14,18)(H,15,17). The van der Waals surface area contributed by atoms with Crippen molar-refractivity contribution in [3.05, 3.63) is 39.9 Å². The number of nitro benzene ring substituents is 1. The first kappa shape index (κ1) is 15.6. The molecular weight excluding hydrogens is 262 g/mol. The molecular formula is C13H17N3O4. The van der Waals surface area contributed by atoms with Crippen LogP contribution in [0, 0.1) is 16.0 Å². The van der Waals surface area contributed by atoms with Crippen LogP contribution in [-0.4, -0.2) is 22.3 Å². The predicted octanol–water partition coefficient (Wildman–Crippen LogP) is 1.22. The molecule has 0 spiro atoms. The predicted molar refractivity (Wildman–Crippen MR) is 73.0 cm³/mol. The van der Waals surface area contributed by atoms with Gasteiger partial charge in [0.15, 0.2) is 0 Å². The van der Waals surface area contributed by atoms with Gasteiger partial charge in [-0.15, -0.1) is 0 Å². The van der Waals surface area contributed by atoms with Gasteiger partial charge in [0.1, 0.15) is 11.1 Å². The fourth-order valence-corrected chi connectivity index (χ4v) is 1.62. The average molecular weight is 279 g/mol. The number of nitrogens with one attached hydrogen (secondary N) is 1. The van der Waals surface area contributed by atoms with Crippen LogP contribution in [0.4, 0.5) is 5.69 Å². The number of nitro groups is 1. The topological polar surface area (TPSA) is 115 Å². The summed E-state index contributed by atoms with van der Waals surface area (Å²) in [5.41, 5.74) is 3.61. The number of carbonyl (C=O) groups excluding carboxylic acids is 2.